The van der Waals surface area contributed by atoms with Gasteiger partial charge in [-0.1, -0.05) is 34.8 Å². The summed E-state index contributed by atoms with van der Waals surface area (Å²) in [6, 6.07) is 0. The molecule has 0 heterocycles. The lowest BCUT2D eigenvalue weighted by molar-refractivity contribution is -0.0845. The molecular formula is C6H3Cl3F6. The monoisotopic (exact) mass is 294 g/mol. The first-order chi connectivity index (χ1) is 6.54. The van der Waals surface area contributed by atoms with Gasteiger partial charge in [0.05, 0.1) is 0 Å². The molecule has 0 radical (unpaired) electrons. The summed E-state index contributed by atoms with van der Waals surface area (Å²) in [5, 5.41) is -1.31. The average molecular weight is 295 g/mol. The van der Waals surface area contributed by atoms with Crippen LogP contribution in [0.5, 0.6) is 0 Å². The summed E-state index contributed by atoms with van der Waals surface area (Å²) in [6.45, 7) is 0. The Morgan fingerprint density at radius 3 is 1.33 bits per heavy atom. The topological polar surface area (TPSA) is 0 Å². The molecular weight excluding hydrogens is 292 g/mol. The molecule has 0 saturated heterocycles. The molecule has 0 spiro atoms. The molecule has 0 aromatic carbocycles. The highest BCUT2D eigenvalue weighted by molar-refractivity contribution is 6.37. The minimum absolute atomic E-state index is 0.0471. The quantitative estimate of drug-likeness (QED) is 0.541. The maximum Gasteiger partial charge on any atom is 0.427 e. The largest absolute Gasteiger partial charge is 0.427 e. The van der Waals surface area contributed by atoms with Gasteiger partial charge in [0.25, 0.3) is 0 Å². The number of allylic oxidation sites excluding steroid dienone is 2. The SMILES string of the molecule is FC(F)(F)/C(Cl)=C/Cl.FC(F)(F)/C=C/Cl. The number of rotatable bonds is 0. The van der Waals surface area contributed by atoms with Crippen molar-refractivity contribution in [1.82, 2.24) is 0 Å². The Labute approximate surface area is 96.1 Å². The molecule has 0 aromatic heterocycles. The molecule has 0 aliphatic rings. The van der Waals surface area contributed by atoms with Crippen LogP contribution in [0.15, 0.2) is 22.2 Å². The van der Waals surface area contributed by atoms with Gasteiger partial charge in [-0.25, -0.2) is 0 Å². The minimum atomic E-state index is -4.50. The zero-order chi connectivity index (χ0) is 12.7. The Hall–Kier alpha value is -0.0700. The van der Waals surface area contributed by atoms with E-state index in [0.29, 0.717) is 5.54 Å². The predicted molar refractivity (Wildman–Crippen MR) is 46.9 cm³/mol. The predicted octanol–water partition coefficient (Wildman–Crippen LogP) is 5.17. The first kappa shape index (κ1) is 17.3. The summed E-state index contributed by atoms with van der Waals surface area (Å²) in [5.41, 5.74) is 0.710. The molecule has 0 N–H and O–H groups in total. The van der Waals surface area contributed by atoms with E-state index < -0.39 is 17.4 Å². The van der Waals surface area contributed by atoms with Gasteiger partial charge in [-0.15, -0.1) is 0 Å². The molecule has 0 rings (SSSR count). The summed E-state index contributed by atoms with van der Waals surface area (Å²) in [6.07, 6.45) is -8.81. The van der Waals surface area contributed by atoms with Crippen molar-refractivity contribution < 1.29 is 26.3 Å². The fraction of sp³-hybridized carbons (Fsp3) is 0.333. The van der Waals surface area contributed by atoms with Crippen molar-refractivity contribution >= 4 is 34.8 Å². The third-order valence-electron chi connectivity index (χ3n) is 0.619. The number of alkyl halides is 6. The lowest BCUT2D eigenvalue weighted by atomic mass is 10.6. The van der Waals surface area contributed by atoms with Gasteiger partial charge in [-0.2, -0.15) is 26.3 Å². The minimum Gasteiger partial charge on any atom is -0.167 e. The second-order valence-corrected chi connectivity index (χ2v) is 2.67. The second kappa shape index (κ2) is 7.24. The van der Waals surface area contributed by atoms with Gasteiger partial charge in [0, 0.05) is 17.1 Å². The van der Waals surface area contributed by atoms with E-state index in [-0.39, 0.29) is 11.6 Å². The maximum absolute atomic E-state index is 11.2. The number of halogens is 9. The summed E-state index contributed by atoms with van der Waals surface area (Å²) < 4.78 is 66.1. The molecule has 0 atom stereocenters. The second-order valence-electron chi connectivity index (χ2n) is 1.79. The van der Waals surface area contributed by atoms with E-state index in [9.17, 15) is 26.3 Å². The molecule has 0 unspecified atom stereocenters. The summed E-state index contributed by atoms with van der Waals surface area (Å²) in [4.78, 5) is 0. The highest BCUT2D eigenvalue weighted by Crippen LogP contribution is 2.28. The van der Waals surface area contributed by atoms with Crippen LogP contribution in [0, 0.1) is 0 Å². The van der Waals surface area contributed by atoms with Gasteiger partial charge in [0.2, 0.25) is 0 Å². The summed E-state index contributed by atoms with van der Waals surface area (Å²) in [7, 11) is 0. The van der Waals surface area contributed by atoms with E-state index in [4.69, 9.17) is 0 Å². The van der Waals surface area contributed by atoms with Crippen LogP contribution < -0.4 is 0 Å². The maximum atomic E-state index is 11.2. The van der Waals surface area contributed by atoms with E-state index in [1.807, 2.05) is 0 Å². The zero-order valence-corrected chi connectivity index (χ0v) is 8.90. The van der Waals surface area contributed by atoms with E-state index in [1.54, 1.807) is 0 Å². The standard InChI is InChI=1S/C3HCl2F3.C3H2ClF3/c4-1-2(5)3(6,7)8;4-2-1-3(5,6)7/h1H;1-2H/b2-1-;2-1+. The van der Waals surface area contributed by atoms with Crippen LogP contribution in [0.25, 0.3) is 0 Å². The highest BCUT2D eigenvalue weighted by Gasteiger charge is 2.31. The molecule has 0 aliphatic carbocycles. The van der Waals surface area contributed by atoms with Crippen molar-refractivity contribution in [1.29, 1.82) is 0 Å². The van der Waals surface area contributed by atoms with Crippen LogP contribution in [-0.2, 0) is 0 Å². The Balaban J connectivity index is 0. The van der Waals surface area contributed by atoms with Gasteiger partial charge in [0.15, 0.2) is 0 Å². The smallest absolute Gasteiger partial charge is 0.167 e. The van der Waals surface area contributed by atoms with Crippen LogP contribution in [0.3, 0.4) is 0 Å². The summed E-state index contributed by atoms with van der Waals surface area (Å²) in [5.74, 6) is 0. The van der Waals surface area contributed by atoms with Crippen molar-refractivity contribution in [2.45, 2.75) is 12.4 Å². The van der Waals surface area contributed by atoms with Gasteiger partial charge in [-0.3, -0.25) is 0 Å². The molecule has 9 heteroatoms. The zero-order valence-electron chi connectivity index (χ0n) is 6.63. The van der Waals surface area contributed by atoms with E-state index in [2.05, 4.69) is 34.8 Å². The van der Waals surface area contributed by atoms with Gasteiger partial charge in [0.1, 0.15) is 5.03 Å². The fourth-order valence-corrected chi connectivity index (χ4v) is 0.400. The van der Waals surface area contributed by atoms with Crippen LogP contribution in [0.2, 0.25) is 0 Å². The van der Waals surface area contributed by atoms with E-state index in [1.165, 1.54) is 0 Å². The van der Waals surface area contributed by atoms with Crippen molar-refractivity contribution in [3.8, 4) is 0 Å². The Morgan fingerprint density at radius 1 is 0.933 bits per heavy atom. The van der Waals surface area contributed by atoms with Crippen molar-refractivity contribution in [2.24, 2.45) is 0 Å². The molecule has 0 aromatic rings. The molecule has 0 aliphatic heterocycles. The van der Waals surface area contributed by atoms with E-state index >= 15 is 0 Å². The van der Waals surface area contributed by atoms with Gasteiger partial charge >= 0.3 is 12.4 Å². The Bertz CT molecular complexity index is 226. The van der Waals surface area contributed by atoms with Crippen LogP contribution >= 0.6 is 34.8 Å². The molecule has 15 heavy (non-hydrogen) atoms. The van der Waals surface area contributed by atoms with Crippen LogP contribution in [0.1, 0.15) is 0 Å². The molecule has 0 amide bonds. The van der Waals surface area contributed by atoms with Crippen molar-refractivity contribution in [3.05, 3.63) is 22.2 Å². The third-order valence-corrected chi connectivity index (χ3v) is 1.40. The lowest BCUT2D eigenvalue weighted by Gasteiger charge is -1.99. The van der Waals surface area contributed by atoms with Crippen molar-refractivity contribution in [3.63, 3.8) is 0 Å². The number of hydrogen-bond donors (Lipinski definition) is 0. The number of hydrogen-bond acceptors (Lipinski definition) is 0. The third kappa shape index (κ3) is 13.9. The molecule has 0 nitrogen and oxygen atoms in total. The molecule has 0 fully saturated rings. The van der Waals surface area contributed by atoms with Crippen molar-refractivity contribution in [2.75, 3.05) is 0 Å². The summed E-state index contributed by atoms with van der Waals surface area (Å²) >= 11 is 13.8. The van der Waals surface area contributed by atoms with Gasteiger partial charge in [-0.05, 0) is 0 Å². The molecule has 0 bridgehead atoms. The normalized spacial score (nSPS) is 13.8. The first-order valence-corrected chi connectivity index (χ1v) is 4.17. The molecule has 0 saturated carbocycles. The van der Waals surface area contributed by atoms with Crippen LogP contribution in [0.4, 0.5) is 26.3 Å². The van der Waals surface area contributed by atoms with Gasteiger partial charge < -0.3 is 0 Å². The first-order valence-electron chi connectivity index (χ1n) is 2.92. The highest BCUT2D eigenvalue weighted by atomic mass is 35.5. The Morgan fingerprint density at radius 2 is 1.33 bits per heavy atom. The Kier molecular flexibility index (Phi) is 8.37. The van der Waals surface area contributed by atoms with Crippen LogP contribution in [-0.4, -0.2) is 12.4 Å². The fourth-order valence-electron chi connectivity index (χ4n) is 0.133. The lowest BCUT2D eigenvalue weighted by Crippen LogP contribution is -2.05. The van der Waals surface area contributed by atoms with E-state index in [0.717, 1.165) is 0 Å². The average Bonchev–Trinajstić information content (AvgIpc) is 2.00. The molecule has 90 valence electrons.